The first-order valence-corrected chi connectivity index (χ1v) is 24.1. The number of carbonyl (C=O) groups is 8. The van der Waals surface area contributed by atoms with Gasteiger partial charge >= 0.3 is 23.9 Å². The molecule has 4 fully saturated rings. The van der Waals surface area contributed by atoms with Gasteiger partial charge in [0, 0.05) is 123 Å². The second-order valence-electron chi connectivity index (χ2n) is 25.1. The number of amides is 4. The van der Waals surface area contributed by atoms with Crippen LogP contribution in [0.1, 0.15) is 196 Å². The van der Waals surface area contributed by atoms with Crippen molar-refractivity contribution in [1.82, 2.24) is 19.6 Å². The van der Waals surface area contributed by atoms with Crippen molar-refractivity contribution in [2.75, 3.05) is 0 Å². The number of hydrogen-bond acceptors (Lipinski definition) is 12. The fourth-order valence-electron chi connectivity index (χ4n) is 14.4. The van der Waals surface area contributed by atoms with Crippen LogP contribution in [-0.2, 0) is 57.3 Å². The Kier molecular flexibility index (Phi) is 15.4. The van der Waals surface area contributed by atoms with Crippen LogP contribution in [0.15, 0.2) is 0 Å². The van der Waals surface area contributed by atoms with Crippen LogP contribution < -0.4 is 0 Å². The van der Waals surface area contributed by atoms with Gasteiger partial charge in [0.15, 0.2) is 5.92 Å². The highest BCUT2D eigenvalue weighted by molar-refractivity contribution is 6.00. The highest BCUT2D eigenvalue weighted by Crippen LogP contribution is 2.45. The van der Waals surface area contributed by atoms with E-state index in [2.05, 4.69) is 0 Å². The first-order valence-electron chi connectivity index (χ1n) is 24.1. The van der Waals surface area contributed by atoms with E-state index in [-0.39, 0.29) is 62.2 Å². The van der Waals surface area contributed by atoms with Crippen molar-refractivity contribution in [3.05, 3.63) is 0 Å². The average Bonchev–Trinajstić information content (AvgIpc) is 3.01. The van der Waals surface area contributed by atoms with Crippen LogP contribution in [0.5, 0.6) is 0 Å². The Morgan fingerprint density at radius 3 is 0.761 bits per heavy atom. The average molecular weight is 945 g/mol. The Labute approximate surface area is 400 Å². The van der Waals surface area contributed by atoms with Gasteiger partial charge in [-0.15, -0.1) is 0 Å². The molecule has 67 heavy (non-hydrogen) atoms. The number of hydrogen-bond donors (Lipinski definition) is 0. The monoisotopic (exact) mass is 945 g/mol. The first kappa shape index (κ1) is 55.4. The molecular formula is C51H84N4O12. The van der Waals surface area contributed by atoms with Gasteiger partial charge in [-0.1, -0.05) is 0 Å². The molecular weight excluding hydrogens is 861 g/mol. The zero-order valence-corrected chi connectivity index (χ0v) is 44.5. The molecule has 0 bridgehead atoms. The highest BCUT2D eigenvalue weighted by Gasteiger charge is 2.55. The summed E-state index contributed by atoms with van der Waals surface area (Å²) in [6, 6.07) is 0. The molecule has 0 spiro atoms. The molecule has 0 aliphatic carbocycles. The summed E-state index contributed by atoms with van der Waals surface area (Å²) in [5.41, 5.74) is -6.03. The quantitative estimate of drug-likeness (QED) is 0.124. The fourth-order valence-corrected chi connectivity index (χ4v) is 14.4. The van der Waals surface area contributed by atoms with Crippen molar-refractivity contribution < 1.29 is 57.3 Å². The molecule has 4 saturated heterocycles. The maximum Gasteiger partial charge on any atom is 0.321 e. The molecule has 1 atom stereocenters. The molecule has 0 aromatic heterocycles. The highest BCUT2D eigenvalue weighted by atomic mass is 16.6. The lowest BCUT2D eigenvalue weighted by molar-refractivity contribution is -0.191. The van der Waals surface area contributed by atoms with Gasteiger partial charge in [-0.25, -0.2) is 0 Å². The Bertz CT molecular complexity index is 1840. The van der Waals surface area contributed by atoms with E-state index in [0.29, 0.717) is 12.8 Å². The van der Waals surface area contributed by atoms with Crippen molar-refractivity contribution in [3.8, 4) is 0 Å². The Morgan fingerprint density at radius 1 is 0.358 bits per heavy atom. The molecule has 4 heterocycles. The van der Waals surface area contributed by atoms with E-state index in [4.69, 9.17) is 18.9 Å². The second-order valence-corrected chi connectivity index (χ2v) is 25.1. The van der Waals surface area contributed by atoms with Crippen molar-refractivity contribution in [2.24, 2.45) is 11.8 Å². The third kappa shape index (κ3) is 12.0. The molecule has 4 rings (SSSR count). The molecule has 0 N–H and O–H groups in total. The van der Waals surface area contributed by atoms with E-state index >= 15 is 14.4 Å². The van der Waals surface area contributed by atoms with Crippen molar-refractivity contribution in [1.29, 1.82) is 0 Å². The van der Waals surface area contributed by atoms with E-state index in [9.17, 15) is 24.0 Å². The smallest absolute Gasteiger partial charge is 0.321 e. The van der Waals surface area contributed by atoms with E-state index < -0.39 is 111 Å². The van der Waals surface area contributed by atoms with E-state index in [1.54, 1.807) is 19.6 Å². The van der Waals surface area contributed by atoms with Gasteiger partial charge in [-0.2, -0.15) is 0 Å². The molecule has 4 aliphatic rings. The summed E-state index contributed by atoms with van der Waals surface area (Å²) >= 11 is 0. The van der Waals surface area contributed by atoms with Crippen molar-refractivity contribution >= 4 is 47.5 Å². The number of piperidine rings is 4. The fraction of sp³-hybridized carbons (Fsp3) is 0.843. The van der Waals surface area contributed by atoms with Gasteiger partial charge in [-0.3, -0.25) is 38.4 Å². The third-order valence-corrected chi connectivity index (χ3v) is 14.7. The zero-order valence-electron chi connectivity index (χ0n) is 44.5. The topological polar surface area (TPSA) is 186 Å². The summed E-state index contributed by atoms with van der Waals surface area (Å²) in [4.78, 5) is 118. The standard InChI is InChI=1S/C51H84N4O12/c1-30(56)52-44(5,6)22-34(23-45(52,7)8)64-39(60)21-38(41(61)65-35-24-46(9,10)53(31(2)57)47(11,12)25-35)40(42(62)66-36-26-48(13,14)54(32(3)58)49(15,16)27-36)43(63)67-37-28-50(17,18)55(33(4)59)51(19,20)29-37/h34-38,40H,21-29H2,1-20H3. The van der Waals surface area contributed by atoms with Gasteiger partial charge in [0.2, 0.25) is 23.6 Å². The Hall–Kier alpha value is -4.24. The molecule has 380 valence electrons. The summed E-state index contributed by atoms with van der Waals surface area (Å²) in [6.07, 6.45) is -1.92. The van der Waals surface area contributed by atoms with Crippen LogP contribution in [0.4, 0.5) is 0 Å². The van der Waals surface area contributed by atoms with Crippen molar-refractivity contribution in [3.63, 3.8) is 0 Å². The predicted octanol–water partition coefficient (Wildman–Crippen LogP) is 7.05. The number of ether oxygens (including phenoxy) is 4. The number of likely N-dealkylation sites (tertiary alicyclic amines) is 4. The van der Waals surface area contributed by atoms with Gasteiger partial charge in [0.1, 0.15) is 24.4 Å². The molecule has 0 radical (unpaired) electrons. The van der Waals surface area contributed by atoms with Gasteiger partial charge in [0.05, 0.1) is 12.3 Å². The lowest BCUT2D eigenvalue weighted by atomic mass is 9.77. The molecule has 16 nitrogen and oxygen atoms in total. The minimum absolute atomic E-state index is 0.125. The Morgan fingerprint density at radius 2 is 0.552 bits per heavy atom. The van der Waals surface area contributed by atoms with E-state index in [1.807, 2.05) is 111 Å². The van der Waals surface area contributed by atoms with Gasteiger partial charge in [0.25, 0.3) is 0 Å². The Balaban J connectivity index is 1.81. The van der Waals surface area contributed by atoms with Crippen LogP contribution in [0.3, 0.4) is 0 Å². The third-order valence-electron chi connectivity index (χ3n) is 14.7. The van der Waals surface area contributed by atoms with Gasteiger partial charge < -0.3 is 38.5 Å². The molecule has 4 amide bonds. The van der Waals surface area contributed by atoms with E-state index in [0.717, 1.165) is 0 Å². The molecule has 16 heteroatoms. The van der Waals surface area contributed by atoms with Crippen LogP contribution in [0.25, 0.3) is 0 Å². The molecule has 0 saturated carbocycles. The summed E-state index contributed by atoms with van der Waals surface area (Å²) < 4.78 is 25.0. The molecule has 1 unspecified atom stereocenters. The SMILES string of the molecule is CC(=O)N1C(C)(C)CC(OC(=O)CC(C(=O)OC2CC(C)(C)N(C(C)=O)C(C)(C)C2)C(C(=O)OC2CC(C)(C)N(C(C)=O)C(C)(C)C2)C(=O)OC2CC(C)(C)N(C(C)=O)C(C)(C)C2)CC1(C)C. The predicted molar refractivity (Wildman–Crippen MR) is 251 cm³/mol. The second kappa shape index (κ2) is 18.6. The first-order chi connectivity index (χ1) is 30.1. The van der Waals surface area contributed by atoms with Crippen LogP contribution in [-0.4, -0.2) is 136 Å². The summed E-state index contributed by atoms with van der Waals surface area (Å²) in [5.74, 6) is -8.39. The number of carbonyl (C=O) groups excluding carboxylic acids is 8. The van der Waals surface area contributed by atoms with Crippen LogP contribution in [0, 0.1) is 11.8 Å². The maximum absolute atomic E-state index is 15.0. The van der Waals surface area contributed by atoms with E-state index in [1.165, 1.54) is 27.7 Å². The molecule has 4 aliphatic heterocycles. The normalized spacial score (nSPS) is 24.9. The molecule has 0 aromatic rings. The number of nitrogens with zero attached hydrogens (tertiary/aromatic N) is 4. The van der Waals surface area contributed by atoms with Crippen LogP contribution in [0.2, 0.25) is 0 Å². The largest absolute Gasteiger partial charge is 0.462 e. The van der Waals surface area contributed by atoms with Crippen molar-refractivity contribution in [2.45, 2.75) is 265 Å². The minimum atomic E-state index is -2.00. The lowest BCUT2D eigenvalue weighted by Crippen LogP contribution is -2.64. The lowest BCUT2D eigenvalue weighted by Gasteiger charge is -2.55. The van der Waals surface area contributed by atoms with Gasteiger partial charge in [-0.05, 0) is 111 Å². The summed E-state index contributed by atoms with van der Waals surface area (Å²) in [5, 5.41) is 0. The minimum Gasteiger partial charge on any atom is -0.462 e. The zero-order chi connectivity index (χ0) is 51.6. The molecule has 0 aromatic carbocycles. The summed E-state index contributed by atoms with van der Waals surface area (Å²) in [6.45, 7) is 36.0. The summed E-state index contributed by atoms with van der Waals surface area (Å²) in [7, 11) is 0. The number of esters is 4. The maximum atomic E-state index is 15.0. The number of rotatable bonds is 10. The van der Waals surface area contributed by atoms with Crippen LogP contribution >= 0.6 is 0 Å².